The molecule has 4 rings (SSSR count). The predicted octanol–water partition coefficient (Wildman–Crippen LogP) is 3.89. The Morgan fingerprint density at radius 2 is 1.83 bits per heavy atom. The molecule has 0 amide bonds. The lowest BCUT2D eigenvalue weighted by atomic mass is 10.2. The Bertz CT molecular complexity index is 1080. The summed E-state index contributed by atoms with van der Waals surface area (Å²) in [6.07, 6.45) is 0.546. The van der Waals surface area contributed by atoms with Crippen LogP contribution in [0.3, 0.4) is 0 Å². The van der Waals surface area contributed by atoms with Crippen molar-refractivity contribution < 1.29 is 19.3 Å². The number of para-hydroxylation sites is 1. The minimum Gasteiger partial charge on any atom is -0.497 e. The van der Waals surface area contributed by atoms with Gasteiger partial charge in [0.05, 0.1) is 43.4 Å². The summed E-state index contributed by atoms with van der Waals surface area (Å²) in [4.78, 5) is 4.57. The third kappa shape index (κ3) is 6.85. The van der Waals surface area contributed by atoms with Crippen LogP contribution in [0.5, 0.6) is 17.4 Å². The van der Waals surface area contributed by atoms with Gasteiger partial charge in [-0.2, -0.15) is 5.10 Å². The zero-order valence-corrected chi connectivity index (χ0v) is 21.6. The highest BCUT2D eigenvalue weighted by molar-refractivity contribution is 5.44. The Morgan fingerprint density at radius 1 is 1.08 bits per heavy atom. The summed E-state index contributed by atoms with van der Waals surface area (Å²) < 4.78 is 19.2. The number of rotatable bonds is 12. The molecule has 194 valence electrons. The van der Waals surface area contributed by atoms with Gasteiger partial charge in [0, 0.05) is 38.8 Å². The van der Waals surface area contributed by atoms with E-state index < -0.39 is 6.10 Å². The number of aliphatic hydroxyl groups is 1. The van der Waals surface area contributed by atoms with Crippen LogP contribution in [0.1, 0.15) is 24.6 Å². The molecule has 36 heavy (non-hydrogen) atoms. The van der Waals surface area contributed by atoms with E-state index in [9.17, 15) is 5.11 Å². The van der Waals surface area contributed by atoms with Crippen molar-refractivity contribution in [1.82, 2.24) is 19.6 Å². The number of nitrogens with zero attached hydrogens (tertiary/aromatic N) is 4. The van der Waals surface area contributed by atoms with Crippen molar-refractivity contribution in [3.05, 3.63) is 65.9 Å². The lowest BCUT2D eigenvalue weighted by Crippen LogP contribution is -2.44. The maximum Gasteiger partial charge on any atom is 0.227 e. The van der Waals surface area contributed by atoms with E-state index in [1.54, 1.807) is 7.11 Å². The highest BCUT2D eigenvalue weighted by atomic mass is 16.5. The van der Waals surface area contributed by atoms with Gasteiger partial charge in [0.25, 0.3) is 0 Å². The first-order valence-electron chi connectivity index (χ1n) is 12.7. The van der Waals surface area contributed by atoms with Gasteiger partial charge < -0.3 is 19.3 Å². The molecule has 8 nitrogen and oxygen atoms in total. The Labute approximate surface area is 214 Å². The number of aromatic nitrogens is 2. The van der Waals surface area contributed by atoms with Crippen molar-refractivity contribution in [2.45, 2.75) is 32.9 Å². The number of hydrogen-bond acceptors (Lipinski definition) is 7. The van der Waals surface area contributed by atoms with Gasteiger partial charge in [-0.15, -0.1) is 0 Å². The molecule has 0 bridgehead atoms. The molecule has 0 unspecified atom stereocenters. The summed E-state index contributed by atoms with van der Waals surface area (Å²) in [5.74, 6) is 2.09. The van der Waals surface area contributed by atoms with Crippen LogP contribution in [0.2, 0.25) is 0 Å². The van der Waals surface area contributed by atoms with Crippen LogP contribution in [0.25, 0.3) is 5.69 Å². The fourth-order valence-electron chi connectivity index (χ4n) is 4.56. The van der Waals surface area contributed by atoms with E-state index in [1.165, 1.54) is 0 Å². The third-order valence-electron chi connectivity index (χ3n) is 6.36. The third-order valence-corrected chi connectivity index (χ3v) is 6.36. The second-order valence-electron chi connectivity index (χ2n) is 9.20. The normalized spacial score (nSPS) is 15.2. The topological polar surface area (TPSA) is 72.2 Å². The lowest BCUT2D eigenvalue weighted by molar-refractivity contribution is 0.00622. The first-order chi connectivity index (χ1) is 17.6. The molecule has 2 aromatic carbocycles. The Kier molecular flexibility index (Phi) is 9.35. The average Bonchev–Trinajstić information content (AvgIpc) is 3.20. The molecule has 2 heterocycles. The van der Waals surface area contributed by atoms with Gasteiger partial charge in [-0.25, -0.2) is 4.68 Å². The summed E-state index contributed by atoms with van der Waals surface area (Å²) >= 11 is 0. The standard InChI is InChI=1S/C28H38N4O4/c1-4-13-31(20-24(33)19-30-14-16-35-17-15-30)21-27-22(2)29-32(23-9-6-5-7-10-23)28(27)36-26-12-8-11-25(18-26)34-3/h5-12,18,24,33H,4,13-17,19-21H2,1-3H3/t24-/m1/s1. The van der Waals surface area contributed by atoms with Gasteiger partial charge in [-0.3, -0.25) is 9.80 Å². The van der Waals surface area contributed by atoms with Crippen LogP contribution >= 0.6 is 0 Å². The van der Waals surface area contributed by atoms with Crippen molar-refractivity contribution in [3.63, 3.8) is 0 Å². The number of ether oxygens (including phenoxy) is 3. The molecular weight excluding hydrogens is 456 g/mol. The van der Waals surface area contributed by atoms with Crippen LogP contribution in [-0.4, -0.2) is 83.8 Å². The molecule has 1 N–H and O–H groups in total. The number of benzene rings is 2. The van der Waals surface area contributed by atoms with E-state index in [0.29, 0.717) is 31.3 Å². The van der Waals surface area contributed by atoms with Gasteiger partial charge in [-0.05, 0) is 44.2 Å². The van der Waals surface area contributed by atoms with E-state index in [2.05, 4.69) is 16.7 Å². The number of morpholine rings is 1. The summed E-state index contributed by atoms with van der Waals surface area (Å²) in [6.45, 7) is 10.1. The Hall–Kier alpha value is -2.91. The molecule has 3 aromatic rings. The predicted molar refractivity (Wildman–Crippen MR) is 140 cm³/mol. The van der Waals surface area contributed by atoms with Crippen molar-refractivity contribution in [2.75, 3.05) is 53.0 Å². The maximum absolute atomic E-state index is 10.9. The summed E-state index contributed by atoms with van der Waals surface area (Å²) in [6, 6.07) is 17.6. The van der Waals surface area contributed by atoms with Crippen LogP contribution in [-0.2, 0) is 11.3 Å². The second kappa shape index (κ2) is 12.9. The molecule has 1 fully saturated rings. The summed E-state index contributed by atoms with van der Waals surface area (Å²) in [5, 5.41) is 15.8. The van der Waals surface area contributed by atoms with Crippen molar-refractivity contribution >= 4 is 0 Å². The molecule has 0 aliphatic carbocycles. The highest BCUT2D eigenvalue weighted by Crippen LogP contribution is 2.33. The lowest BCUT2D eigenvalue weighted by Gasteiger charge is -2.31. The number of β-amino-alcohol motifs (C(OH)–C–C–N with tert-alkyl or cyclic N) is 1. The Morgan fingerprint density at radius 3 is 2.56 bits per heavy atom. The van der Waals surface area contributed by atoms with Crippen LogP contribution in [0.4, 0.5) is 0 Å². The van der Waals surface area contributed by atoms with E-state index in [-0.39, 0.29) is 0 Å². The molecule has 0 radical (unpaired) electrons. The van der Waals surface area contributed by atoms with Gasteiger partial charge in [0.2, 0.25) is 5.88 Å². The largest absolute Gasteiger partial charge is 0.497 e. The van der Waals surface area contributed by atoms with E-state index in [4.69, 9.17) is 19.3 Å². The van der Waals surface area contributed by atoms with Gasteiger partial charge in [0.1, 0.15) is 11.5 Å². The average molecular weight is 495 g/mol. The quantitative estimate of drug-likeness (QED) is 0.410. The molecule has 1 aliphatic heterocycles. The van der Waals surface area contributed by atoms with Crippen LogP contribution < -0.4 is 9.47 Å². The highest BCUT2D eigenvalue weighted by Gasteiger charge is 2.23. The van der Waals surface area contributed by atoms with Crippen molar-refractivity contribution in [1.29, 1.82) is 0 Å². The molecule has 0 saturated carbocycles. The van der Waals surface area contributed by atoms with Gasteiger partial charge in [0.15, 0.2) is 0 Å². The van der Waals surface area contributed by atoms with E-state index in [1.807, 2.05) is 66.2 Å². The minimum atomic E-state index is -0.443. The molecule has 1 atom stereocenters. The fourth-order valence-corrected chi connectivity index (χ4v) is 4.56. The first-order valence-corrected chi connectivity index (χ1v) is 12.7. The van der Waals surface area contributed by atoms with Crippen LogP contribution in [0.15, 0.2) is 54.6 Å². The zero-order valence-electron chi connectivity index (χ0n) is 21.6. The monoisotopic (exact) mass is 494 g/mol. The fraction of sp³-hybridized carbons (Fsp3) is 0.464. The van der Waals surface area contributed by atoms with Crippen molar-refractivity contribution in [2.24, 2.45) is 0 Å². The number of methoxy groups -OCH3 is 1. The summed E-state index contributed by atoms with van der Waals surface area (Å²) in [7, 11) is 1.65. The summed E-state index contributed by atoms with van der Waals surface area (Å²) in [5.41, 5.74) is 2.84. The Balaban J connectivity index is 1.59. The molecular formula is C28H38N4O4. The smallest absolute Gasteiger partial charge is 0.227 e. The number of aryl methyl sites for hydroxylation is 1. The zero-order chi connectivity index (χ0) is 25.3. The van der Waals surface area contributed by atoms with E-state index >= 15 is 0 Å². The number of aliphatic hydroxyl groups excluding tert-OH is 1. The first kappa shape index (κ1) is 26.2. The van der Waals surface area contributed by atoms with Gasteiger partial charge in [-0.1, -0.05) is 31.2 Å². The molecule has 8 heteroatoms. The van der Waals surface area contributed by atoms with Crippen molar-refractivity contribution in [3.8, 4) is 23.1 Å². The molecule has 1 saturated heterocycles. The minimum absolute atomic E-state index is 0.443. The molecule has 1 aromatic heterocycles. The molecule has 1 aliphatic rings. The second-order valence-corrected chi connectivity index (χ2v) is 9.20. The van der Waals surface area contributed by atoms with Crippen LogP contribution in [0, 0.1) is 6.92 Å². The van der Waals surface area contributed by atoms with E-state index in [0.717, 1.165) is 62.0 Å². The van der Waals surface area contributed by atoms with Gasteiger partial charge >= 0.3 is 0 Å². The number of hydrogen-bond donors (Lipinski definition) is 1. The molecule has 0 spiro atoms. The SMILES string of the molecule is CCCN(Cc1c(C)nn(-c2ccccc2)c1Oc1cccc(OC)c1)C[C@H](O)CN1CCOCC1. The maximum atomic E-state index is 10.9.